The van der Waals surface area contributed by atoms with E-state index < -0.39 is 18.0 Å². The summed E-state index contributed by atoms with van der Waals surface area (Å²) in [5.74, 6) is -0.531. The van der Waals surface area contributed by atoms with Gasteiger partial charge in [-0.2, -0.15) is 5.10 Å². The number of benzene rings is 1. The Labute approximate surface area is 165 Å². The van der Waals surface area contributed by atoms with Gasteiger partial charge in [0.15, 0.2) is 0 Å². The Bertz CT molecular complexity index is 795. The minimum Gasteiger partial charge on any atom is -0.275 e. The van der Waals surface area contributed by atoms with Crippen molar-refractivity contribution in [2.75, 3.05) is 13.7 Å². The average Bonchev–Trinajstić information content (AvgIpc) is 3.01. The molecule has 0 saturated heterocycles. The summed E-state index contributed by atoms with van der Waals surface area (Å²) < 4.78 is 27.5. The fraction of sp³-hybridized carbons (Fsp3) is 0.524. The highest BCUT2D eigenvalue weighted by Crippen LogP contribution is 2.24. The number of hydroxylamine groups is 2. The van der Waals surface area contributed by atoms with Gasteiger partial charge in [-0.05, 0) is 28.9 Å². The molecule has 0 radical (unpaired) electrons. The van der Waals surface area contributed by atoms with Crippen LogP contribution < -0.4 is 0 Å². The minimum absolute atomic E-state index is 0.0797. The van der Waals surface area contributed by atoms with Crippen LogP contribution in [0.25, 0.3) is 0 Å². The zero-order chi connectivity index (χ0) is 21.1. The number of aromatic nitrogens is 2. The van der Waals surface area contributed by atoms with Crippen molar-refractivity contribution in [2.24, 2.45) is 13.0 Å². The van der Waals surface area contributed by atoms with Crippen molar-refractivity contribution in [2.45, 2.75) is 46.0 Å². The third-order valence-electron chi connectivity index (χ3n) is 4.62. The lowest BCUT2D eigenvalue weighted by atomic mass is 9.86. The number of amides is 1. The van der Waals surface area contributed by atoms with E-state index in [2.05, 4.69) is 50.1 Å². The molecule has 0 bridgehead atoms. The lowest BCUT2D eigenvalue weighted by molar-refractivity contribution is -0.102. The van der Waals surface area contributed by atoms with Crippen LogP contribution >= 0.6 is 0 Å². The van der Waals surface area contributed by atoms with Crippen LogP contribution in [0.4, 0.5) is 8.78 Å². The molecule has 28 heavy (non-hydrogen) atoms. The van der Waals surface area contributed by atoms with Crippen LogP contribution in [0.5, 0.6) is 0 Å². The van der Waals surface area contributed by atoms with Gasteiger partial charge in [0.05, 0.1) is 19.2 Å². The normalized spacial score (nSPS) is 13.0. The molecule has 0 spiro atoms. The molecule has 0 N–H and O–H groups in total. The van der Waals surface area contributed by atoms with E-state index in [9.17, 15) is 13.6 Å². The van der Waals surface area contributed by atoms with Gasteiger partial charge in [0.2, 0.25) is 0 Å². The maximum atomic E-state index is 13.1. The zero-order valence-corrected chi connectivity index (χ0v) is 17.4. The number of carbonyl (C=O) groups excluding carboxylic acids is 1. The molecule has 0 aliphatic carbocycles. The van der Waals surface area contributed by atoms with Crippen LogP contribution in [0, 0.1) is 5.92 Å². The fourth-order valence-corrected chi connectivity index (χ4v) is 3.10. The first kappa shape index (κ1) is 22.0. The molecule has 0 aliphatic rings. The smallest absolute Gasteiger partial charge is 0.275 e. The van der Waals surface area contributed by atoms with E-state index in [4.69, 9.17) is 4.84 Å². The number of nitrogens with zero attached hydrogens (tertiary/aromatic N) is 3. The summed E-state index contributed by atoms with van der Waals surface area (Å²) in [7, 11) is 2.87. The van der Waals surface area contributed by atoms with Crippen LogP contribution in [-0.2, 0) is 23.7 Å². The molecule has 1 unspecified atom stereocenters. The first-order valence-corrected chi connectivity index (χ1v) is 9.30. The molecule has 1 heterocycles. The summed E-state index contributed by atoms with van der Waals surface area (Å²) in [6.07, 6.45) is -0.782. The first-order chi connectivity index (χ1) is 13.0. The van der Waals surface area contributed by atoms with E-state index in [1.54, 1.807) is 0 Å². The van der Waals surface area contributed by atoms with Gasteiger partial charge >= 0.3 is 0 Å². The lowest BCUT2D eigenvalue weighted by Crippen LogP contribution is -2.34. The zero-order valence-electron chi connectivity index (χ0n) is 17.4. The van der Waals surface area contributed by atoms with Crippen molar-refractivity contribution >= 4 is 5.91 Å². The van der Waals surface area contributed by atoms with E-state index >= 15 is 0 Å². The quantitative estimate of drug-likeness (QED) is 0.649. The van der Waals surface area contributed by atoms with Gasteiger partial charge in [0, 0.05) is 13.2 Å². The predicted octanol–water partition coefficient (Wildman–Crippen LogP) is 4.54. The first-order valence-electron chi connectivity index (χ1n) is 9.30. The summed E-state index contributed by atoms with van der Waals surface area (Å²) in [4.78, 5) is 17.9. The van der Waals surface area contributed by atoms with Gasteiger partial charge in [-0.1, -0.05) is 52.0 Å². The highest BCUT2D eigenvalue weighted by atomic mass is 19.3. The molecular formula is C21H29F2N3O2. The summed E-state index contributed by atoms with van der Waals surface area (Å²) >= 11 is 0. The molecule has 0 fully saturated rings. The predicted molar refractivity (Wildman–Crippen MR) is 104 cm³/mol. The number of aryl methyl sites for hydroxylation is 1. The molecule has 2 aromatic rings. The Hall–Kier alpha value is -2.28. The van der Waals surface area contributed by atoms with Crippen molar-refractivity contribution in [3.05, 3.63) is 52.8 Å². The van der Waals surface area contributed by atoms with Crippen molar-refractivity contribution < 1.29 is 18.4 Å². The van der Waals surface area contributed by atoms with Crippen LogP contribution in [0.3, 0.4) is 0 Å². The van der Waals surface area contributed by atoms with Crippen molar-refractivity contribution in [3.8, 4) is 0 Å². The maximum Gasteiger partial charge on any atom is 0.282 e. The molecule has 1 atom stereocenters. The van der Waals surface area contributed by atoms with Gasteiger partial charge in [-0.25, -0.2) is 13.8 Å². The minimum atomic E-state index is -2.82. The standard InChI is InChI=1S/C21H29F2N3O2/c1-14(11-15-7-9-16(10-8-15)21(2,3)4)12-26(28-6)20(27)17-13-25(5)24-18(17)19(22)23/h7-10,13-14,19H,11-12H2,1-6H3. The molecule has 0 aliphatic heterocycles. The number of alkyl halides is 2. The van der Waals surface area contributed by atoms with E-state index in [1.165, 1.54) is 30.6 Å². The second-order valence-electron chi connectivity index (χ2n) is 8.21. The van der Waals surface area contributed by atoms with E-state index in [1.807, 2.05) is 6.92 Å². The van der Waals surface area contributed by atoms with Crippen LogP contribution in [0.1, 0.15) is 61.3 Å². The molecule has 1 amide bonds. The molecule has 154 valence electrons. The molecule has 1 aromatic carbocycles. The third-order valence-corrected chi connectivity index (χ3v) is 4.62. The van der Waals surface area contributed by atoms with Crippen LogP contribution in [-0.4, -0.2) is 34.4 Å². The number of hydrogen-bond acceptors (Lipinski definition) is 3. The Balaban J connectivity index is 2.07. The highest BCUT2D eigenvalue weighted by molar-refractivity contribution is 5.94. The van der Waals surface area contributed by atoms with Crippen molar-refractivity contribution in [1.29, 1.82) is 0 Å². The SMILES string of the molecule is CON(CC(C)Cc1ccc(C(C)(C)C)cc1)C(=O)c1cn(C)nc1C(F)F. The van der Waals surface area contributed by atoms with Gasteiger partial charge < -0.3 is 0 Å². The van der Waals surface area contributed by atoms with Crippen LogP contribution in [0.15, 0.2) is 30.5 Å². The van der Waals surface area contributed by atoms with E-state index in [0.29, 0.717) is 0 Å². The van der Waals surface area contributed by atoms with Crippen molar-refractivity contribution in [1.82, 2.24) is 14.8 Å². The van der Waals surface area contributed by atoms with E-state index in [0.717, 1.165) is 17.0 Å². The second kappa shape index (κ2) is 8.82. The molecule has 0 saturated carbocycles. The topological polar surface area (TPSA) is 47.4 Å². The molecule has 7 heteroatoms. The summed E-state index contributed by atoms with van der Waals surface area (Å²) in [6.45, 7) is 8.78. The average molecular weight is 393 g/mol. The molecule has 2 rings (SSSR count). The number of rotatable bonds is 7. The lowest BCUT2D eigenvalue weighted by Gasteiger charge is -2.24. The summed E-state index contributed by atoms with van der Waals surface area (Å²) in [5.41, 5.74) is 1.84. The molecule has 5 nitrogen and oxygen atoms in total. The van der Waals surface area contributed by atoms with Crippen molar-refractivity contribution in [3.63, 3.8) is 0 Å². The Kier molecular flexibility index (Phi) is 6.93. The van der Waals surface area contributed by atoms with Crippen LogP contribution in [0.2, 0.25) is 0 Å². The molecule has 1 aromatic heterocycles. The van der Waals surface area contributed by atoms with Gasteiger partial charge in [-0.3, -0.25) is 14.3 Å². The highest BCUT2D eigenvalue weighted by Gasteiger charge is 2.27. The summed E-state index contributed by atoms with van der Waals surface area (Å²) in [6, 6.07) is 8.41. The Morgan fingerprint density at radius 1 is 1.25 bits per heavy atom. The van der Waals surface area contributed by atoms with Gasteiger partial charge in [-0.15, -0.1) is 0 Å². The molecular weight excluding hydrogens is 364 g/mol. The maximum absolute atomic E-state index is 13.1. The largest absolute Gasteiger partial charge is 0.282 e. The second-order valence-corrected chi connectivity index (χ2v) is 8.21. The van der Waals surface area contributed by atoms with Gasteiger partial charge in [0.25, 0.3) is 12.3 Å². The Morgan fingerprint density at radius 2 is 1.86 bits per heavy atom. The van der Waals surface area contributed by atoms with Gasteiger partial charge in [0.1, 0.15) is 5.69 Å². The summed E-state index contributed by atoms with van der Waals surface area (Å²) in [5, 5.41) is 4.81. The van der Waals surface area contributed by atoms with E-state index in [-0.39, 0.29) is 23.4 Å². The monoisotopic (exact) mass is 393 g/mol. The number of carbonyl (C=O) groups is 1. The third kappa shape index (κ3) is 5.38. The number of halogens is 2. The Morgan fingerprint density at radius 3 is 2.36 bits per heavy atom. The number of hydrogen-bond donors (Lipinski definition) is 0. The fourth-order valence-electron chi connectivity index (χ4n) is 3.10.